The monoisotopic (exact) mass is 357 g/mol. The number of phenols is 2. The van der Waals surface area contributed by atoms with Gasteiger partial charge in [-0.2, -0.15) is 0 Å². The summed E-state index contributed by atoms with van der Waals surface area (Å²) in [6.07, 6.45) is 3.75. The van der Waals surface area contributed by atoms with Crippen molar-refractivity contribution in [1.29, 1.82) is 0 Å². The molecule has 1 aliphatic carbocycles. The van der Waals surface area contributed by atoms with Crippen LogP contribution in [0.3, 0.4) is 0 Å². The van der Waals surface area contributed by atoms with Crippen LogP contribution in [-0.2, 0) is 5.41 Å². The Bertz CT molecular complexity index is 698. The van der Waals surface area contributed by atoms with Crippen LogP contribution in [0.2, 0.25) is 0 Å². The van der Waals surface area contributed by atoms with E-state index in [0.717, 1.165) is 43.5 Å². The first kappa shape index (κ1) is 18.5. The number of para-hydroxylation sites is 1. The van der Waals surface area contributed by atoms with E-state index >= 15 is 0 Å². The number of rotatable bonds is 8. The van der Waals surface area contributed by atoms with Crippen LogP contribution in [0.1, 0.15) is 31.2 Å². The highest BCUT2D eigenvalue weighted by Crippen LogP contribution is 2.42. The fourth-order valence-corrected chi connectivity index (χ4v) is 3.72. The first-order chi connectivity index (χ1) is 12.6. The van der Waals surface area contributed by atoms with Crippen LogP contribution in [0.15, 0.2) is 48.5 Å². The molecule has 0 aromatic heterocycles. The fraction of sp³-hybridized carbons (Fsp3) is 0.429. The molecule has 0 saturated heterocycles. The lowest BCUT2D eigenvalue weighted by Crippen LogP contribution is -2.40. The van der Waals surface area contributed by atoms with Crippen molar-refractivity contribution in [3.8, 4) is 17.2 Å². The van der Waals surface area contributed by atoms with Gasteiger partial charge in [-0.1, -0.05) is 37.1 Å². The SMILES string of the molecule is Oc1ccc(C2(CNCC(O)COc3ccccc3)CCCC2)cc1O. The lowest BCUT2D eigenvalue weighted by molar-refractivity contribution is 0.105. The zero-order valence-corrected chi connectivity index (χ0v) is 14.9. The normalized spacial score (nSPS) is 17.1. The van der Waals surface area contributed by atoms with Crippen molar-refractivity contribution < 1.29 is 20.1 Å². The minimum Gasteiger partial charge on any atom is -0.504 e. The molecular formula is C21H27NO4. The molecule has 0 bridgehead atoms. The second-order valence-corrected chi connectivity index (χ2v) is 7.10. The minimum atomic E-state index is -0.595. The third-order valence-electron chi connectivity index (χ3n) is 5.18. The van der Waals surface area contributed by atoms with E-state index in [9.17, 15) is 15.3 Å². The maximum Gasteiger partial charge on any atom is 0.157 e. The van der Waals surface area contributed by atoms with Gasteiger partial charge in [-0.3, -0.25) is 0 Å². The summed E-state index contributed by atoms with van der Waals surface area (Å²) in [5, 5.41) is 32.9. The molecule has 1 fully saturated rings. The summed E-state index contributed by atoms with van der Waals surface area (Å²) in [4.78, 5) is 0. The highest BCUT2D eigenvalue weighted by Gasteiger charge is 2.35. The van der Waals surface area contributed by atoms with E-state index in [2.05, 4.69) is 5.32 Å². The Morgan fingerprint density at radius 2 is 1.73 bits per heavy atom. The first-order valence-corrected chi connectivity index (χ1v) is 9.18. The van der Waals surface area contributed by atoms with Crippen LogP contribution in [0.4, 0.5) is 0 Å². The van der Waals surface area contributed by atoms with E-state index in [1.807, 2.05) is 36.4 Å². The number of aromatic hydroxyl groups is 2. The summed E-state index contributed by atoms with van der Waals surface area (Å²) in [6, 6.07) is 14.6. The molecule has 26 heavy (non-hydrogen) atoms. The molecule has 4 N–H and O–H groups in total. The van der Waals surface area contributed by atoms with Crippen molar-refractivity contribution in [2.45, 2.75) is 37.2 Å². The van der Waals surface area contributed by atoms with E-state index in [0.29, 0.717) is 6.54 Å². The number of nitrogens with one attached hydrogen (secondary N) is 1. The average molecular weight is 357 g/mol. The topological polar surface area (TPSA) is 82.0 Å². The highest BCUT2D eigenvalue weighted by molar-refractivity contribution is 5.43. The van der Waals surface area contributed by atoms with E-state index in [-0.39, 0.29) is 23.5 Å². The van der Waals surface area contributed by atoms with Crippen molar-refractivity contribution in [3.63, 3.8) is 0 Å². The van der Waals surface area contributed by atoms with Crippen molar-refractivity contribution in [3.05, 3.63) is 54.1 Å². The van der Waals surface area contributed by atoms with Gasteiger partial charge in [0.1, 0.15) is 18.5 Å². The zero-order valence-electron chi connectivity index (χ0n) is 14.9. The van der Waals surface area contributed by atoms with Gasteiger partial charge in [0.2, 0.25) is 0 Å². The van der Waals surface area contributed by atoms with Gasteiger partial charge in [0.15, 0.2) is 11.5 Å². The third-order valence-corrected chi connectivity index (χ3v) is 5.18. The van der Waals surface area contributed by atoms with Crippen LogP contribution in [0.25, 0.3) is 0 Å². The quantitative estimate of drug-likeness (QED) is 0.546. The molecule has 140 valence electrons. The number of aliphatic hydroxyl groups excluding tert-OH is 1. The Kier molecular flexibility index (Phi) is 6.01. The minimum absolute atomic E-state index is 0.0643. The van der Waals surface area contributed by atoms with Gasteiger partial charge in [0.25, 0.3) is 0 Å². The van der Waals surface area contributed by atoms with Gasteiger partial charge in [0.05, 0.1) is 0 Å². The number of phenolic OH excluding ortho intramolecular Hbond substituents is 2. The van der Waals surface area contributed by atoms with Gasteiger partial charge in [-0.15, -0.1) is 0 Å². The summed E-state index contributed by atoms with van der Waals surface area (Å²) in [5.74, 6) is 0.576. The number of benzene rings is 2. The molecule has 1 atom stereocenters. The molecular weight excluding hydrogens is 330 g/mol. The molecule has 0 aliphatic heterocycles. The van der Waals surface area contributed by atoms with Crippen molar-refractivity contribution >= 4 is 0 Å². The maximum absolute atomic E-state index is 10.2. The Labute approximate surface area is 154 Å². The van der Waals surface area contributed by atoms with Crippen LogP contribution < -0.4 is 10.1 Å². The summed E-state index contributed by atoms with van der Waals surface area (Å²) in [5.41, 5.74) is 0.971. The smallest absolute Gasteiger partial charge is 0.157 e. The lowest BCUT2D eigenvalue weighted by atomic mass is 9.78. The molecule has 0 amide bonds. The van der Waals surface area contributed by atoms with E-state index in [1.54, 1.807) is 12.1 Å². The van der Waals surface area contributed by atoms with Gasteiger partial charge >= 0.3 is 0 Å². The highest BCUT2D eigenvalue weighted by atomic mass is 16.5. The average Bonchev–Trinajstić information content (AvgIpc) is 3.13. The van der Waals surface area contributed by atoms with E-state index < -0.39 is 6.10 Å². The van der Waals surface area contributed by atoms with Crippen LogP contribution in [0, 0.1) is 0 Å². The maximum atomic E-state index is 10.2. The number of hydrogen-bond donors (Lipinski definition) is 4. The molecule has 1 aliphatic rings. The molecule has 5 heteroatoms. The predicted octanol–water partition coefficient (Wildman–Crippen LogP) is 2.94. The third kappa shape index (κ3) is 4.48. The van der Waals surface area contributed by atoms with Gasteiger partial charge in [0, 0.05) is 18.5 Å². The van der Waals surface area contributed by atoms with Crippen LogP contribution in [0.5, 0.6) is 17.2 Å². The van der Waals surface area contributed by atoms with Crippen LogP contribution in [-0.4, -0.2) is 41.1 Å². The summed E-state index contributed by atoms with van der Waals surface area (Å²) >= 11 is 0. The molecule has 1 unspecified atom stereocenters. The predicted molar refractivity (Wildman–Crippen MR) is 101 cm³/mol. The number of hydrogen-bond acceptors (Lipinski definition) is 5. The molecule has 2 aromatic rings. The standard InChI is InChI=1S/C21H27NO4/c23-17(14-26-18-6-2-1-3-7-18)13-22-15-21(10-4-5-11-21)16-8-9-19(24)20(25)12-16/h1-3,6-9,12,17,22-25H,4-5,10-11,13-15H2. The van der Waals surface area contributed by atoms with Crippen molar-refractivity contribution in [1.82, 2.24) is 5.32 Å². The second-order valence-electron chi connectivity index (χ2n) is 7.10. The van der Waals surface area contributed by atoms with Gasteiger partial charge in [-0.05, 0) is 42.7 Å². The molecule has 5 nitrogen and oxygen atoms in total. The molecule has 1 saturated carbocycles. The Hall–Kier alpha value is -2.24. The zero-order chi connectivity index (χ0) is 18.4. The van der Waals surface area contributed by atoms with E-state index in [4.69, 9.17) is 4.74 Å². The fourth-order valence-electron chi connectivity index (χ4n) is 3.72. The summed E-state index contributed by atoms with van der Waals surface area (Å²) < 4.78 is 5.58. The number of aliphatic hydroxyl groups is 1. The number of ether oxygens (including phenoxy) is 1. The Morgan fingerprint density at radius 3 is 2.42 bits per heavy atom. The Balaban J connectivity index is 1.53. The Morgan fingerprint density at radius 1 is 1.00 bits per heavy atom. The van der Waals surface area contributed by atoms with Gasteiger partial charge < -0.3 is 25.4 Å². The van der Waals surface area contributed by atoms with Crippen molar-refractivity contribution in [2.75, 3.05) is 19.7 Å². The second kappa shape index (κ2) is 8.43. The molecule has 3 rings (SSSR count). The molecule has 2 aromatic carbocycles. The van der Waals surface area contributed by atoms with E-state index in [1.165, 1.54) is 0 Å². The van der Waals surface area contributed by atoms with Gasteiger partial charge in [-0.25, -0.2) is 0 Å². The summed E-state index contributed by atoms with van der Waals surface area (Å²) in [6.45, 7) is 1.41. The van der Waals surface area contributed by atoms with Crippen LogP contribution >= 0.6 is 0 Å². The largest absolute Gasteiger partial charge is 0.504 e. The lowest BCUT2D eigenvalue weighted by Gasteiger charge is -2.31. The molecule has 0 heterocycles. The van der Waals surface area contributed by atoms with Crippen molar-refractivity contribution in [2.24, 2.45) is 0 Å². The first-order valence-electron chi connectivity index (χ1n) is 9.18. The molecule has 0 spiro atoms. The molecule has 0 radical (unpaired) electrons. The summed E-state index contributed by atoms with van der Waals surface area (Å²) in [7, 11) is 0.